The number of rotatable bonds is 8. The third-order valence-electron chi connectivity index (χ3n) is 3.12. The number of pyridine rings is 1. The largest absolute Gasteiger partial charge is 0.312 e. The van der Waals surface area contributed by atoms with Crippen molar-refractivity contribution >= 4 is 0 Å². The Bertz CT molecular complexity index is 332. The van der Waals surface area contributed by atoms with Crippen molar-refractivity contribution in [2.24, 2.45) is 5.92 Å². The van der Waals surface area contributed by atoms with Gasteiger partial charge in [-0.25, -0.2) is 0 Å². The van der Waals surface area contributed by atoms with Crippen molar-refractivity contribution in [1.29, 1.82) is 0 Å². The standard InChI is InChI=1S/C15H27N3/c1-5-18(6-2)12-15-14(8-7-9-17-15)11-16-10-13(3)4/h7-9,13,16H,5-6,10-12H2,1-4H3. The lowest BCUT2D eigenvalue weighted by Crippen LogP contribution is -2.25. The lowest BCUT2D eigenvalue weighted by Gasteiger charge is -2.19. The van der Waals surface area contributed by atoms with Crippen molar-refractivity contribution < 1.29 is 0 Å². The molecule has 0 aliphatic heterocycles. The molecule has 0 saturated carbocycles. The summed E-state index contributed by atoms with van der Waals surface area (Å²) in [4.78, 5) is 6.93. The van der Waals surface area contributed by atoms with Gasteiger partial charge < -0.3 is 5.32 Å². The molecule has 0 fully saturated rings. The van der Waals surface area contributed by atoms with E-state index >= 15 is 0 Å². The van der Waals surface area contributed by atoms with Crippen LogP contribution in [0.3, 0.4) is 0 Å². The van der Waals surface area contributed by atoms with Gasteiger partial charge in [0.1, 0.15) is 0 Å². The first-order valence-electron chi connectivity index (χ1n) is 7.03. The second kappa shape index (κ2) is 8.22. The first-order valence-corrected chi connectivity index (χ1v) is 7.03. The predicted octanol–water partition coefficient (Wildman–Crippen LogP) is 2.67. The fourth-order valence-electron chi connectivity index (χ4n) is 1.93. The zero-order valence-corrected chi connectivity index (χ0v) is 12.2. The van der Waals surface area contributed by atoms with Crippen LogP contribution >= 0.6 is 0 Å². The minimum atomic E-state index is 0.688. The van der Waals surface area contributed by atoms with Crippen molar-refractivity contribution in [1.82, 2.24) is 15.2 Å². The number of aromatic nitrogens is 1. The van der Waals surface area contributed by atoms with E-state index in [1.54, 1.807) is 0 Å². The Morgan fingerprint density at radius 1 is 1.28 bits per heavy atom. The van der Waals surface area contributed by atoms with Crippen LogP contribution in [-0.2, 0) is 13.1 Å². The summed E-state index contributed by atoms with van der Waals surface area (Å²) >= 11 is 0. The lowest BCUT2D eigenvalue weighted by atomic mass is 10.1. The normalized spacial score (nSPS) is 11.4. The van der Waals surface area contributed by atoms with Crippen molar-refractivity contribution in [3.8, 4) is 0 Å². The van der Waals surface area contributed by atoms with Crippen LogP contribution in [0.1, 0.15) is 39.0 Å². The van der Waals surface area contributed by atoms with E-state index in [0.29, 0.717) is 5.92 Å². The van der Waals surface area contributed by atoms with Gasteiger partial charge in [-0.15, -0.1) is 0 Å². The highest BCUT2D eigenvalue weighted by atomic mass is 15.1. The third kappa shape index (κ3) is 5.15. The van der Waals surface area contributed by atoms with Crippen LogP contribution in [0.2, 0.25) is 0 Å². The molecule has 1 aromatic rings. The molecule has 0 spiro atoms. The van der Waals surface area contributed by atoms with Gasteiger partial charge in [0.25, 0.3) is 0 Å². The molecule has 0 radical (unpaired) electrons. The molecule has 0 aromatic carbocycles. The van der Waals surface area contributed by atoms with E-state index in [9.17, 15) is 0 Å². The summed E-state index contributed by atoms with van der Waals surface area (Å²) in [5.74, 6) is 0.688. The summed E-state index contributed by atoms with van der Waals surface area (Å²) in [5.41, 5.74) is 2.53. The van der Waals surface area contributed by atoms with Gasteiger partial charge in [-0.1, -0.05) is 33.8 Å². The maximum absolute atomic E-state index is 4.53. The molecule has 102 valence electrons. The van der Waals surface area contributed by atoms with Gasteiger partial charge in [0.15, 0.2) is 0 Å². The smallest absolute Gasteiger partial charge is 0.0588 e. The minimum Gasteiger partial charge on any atom is -0.312 e. The molecule has 0 atom stereocenters. The van der Waals surface area contributed by atoms with E-state index in [1.165, 1.54) is 11.3 Å². The molecule has 0 bridgehead atoms. The summed E-state index contributed by atoms with van der Waals surface area (Å²) in [6.07, 6.45) is 1.89. The van der Waals surface area contributed by atoms with Gasteiger partial charge in [-0.05, 0) is 37.2 Å². The Morgan fingerprint density at radius 2 is 2.00 bits per heavy atom. The SMILES string of the molecule is CCN(CC)Cc1ncccc1CNCC(C)C. The van der Waals surface area contributed by atoms with Gasteiger partial charge >= 0.3 is 0 Å². The molecule has 0 aliphatic carbocycles. The molecule has 1 aromatic heterocycles. The Morgan fingerprint density at radius 3 is 2.61 bits per heavy atom. The first kappa shape index (κ1) is 15.1. The number of nitrogens with one attached hydrogen (secondary N) is 1. The van der Waals surface area contributed by atoms with Gasteiger partial charge in [0.05, 0.1) is 5.69 Å². The summed E-state index contributed by atoms with van der Waals surface area (Å²) in [6, 6.07) is 4.21. The molecular weight excluding hydrogens is 222 g/mol. The average Bonchev–Trinajstić information content (AvgIpc) is 2.37. The monoisotopic (exact) mass is 249 g/mol. The quantitative estimate of drug-likeness (QED) is 0.768. The van der Waals surface area contributed by atoms with E-state index in [0.717, 1.165) is 32.7 Å². The molecule has 3 nitrogen and oxygen atoms in total. The highest BCUT2D eigenvalue weighted by molar-refractivity contribution is 5.19. The Hall–Kier alpha value is -0.930. The Labute approximate surface area is 112 Å². The second-order valence-corrected chi connectivity index (χ2v) is 5.10. The van der Waals surface area contributed by atoms with E-state index in [2.05, 4.69) is 49.0 Å². The van der Waals surface area contributed by atoms with Crippen molar-refractivity contribution in [3.63, 3.8) is 0 Å². The molecule has 1 heterocycles. The second-order valence-electron chi connectivity index (χ2n) is 5.10. The number of hydrogen-bond acceptors (Lipinski definition) is 3. The van der Waals surface area contributed by atoms with Crippen LogP contribution < -0.4 is 5.32 Å². The van der Waals surface area contributed by atoms with E-state index in [4.69, 9.17) is 0 Å². The van der Waals surface area contributed by atoms with Crippen molar-refractivity contribution in [2.45, 2.75) is 40.8 Å². The van der Waals surface area contributed by atoms with E-state index in [-0.39, 0.29) is 0 Å². The van der Waals surface area contributed by atoms with Crippen LogP contribution in [0, 0.1) is 5.92 Å². The zero-order chi connectivity index (χ0) is 13.4. The molecule has 0 saturated heterocycles. The fourth-order valence-corrected chi connectivity index (χ4v) is 1.93. The minimum absolute atomic E-state index is 0.688. The number of nitrogens with zero attached hydrogens (tertiary/aromatic N) is 2. The van der Waals surface area contributed by atoms with Crippen LogP contribution in [0.15, 0.2) is 18.3 Å². The predicted molar refractivity (Wildman–Crippen MR) is 77.4 cm³/mol. The van der Waals surface area contributed by atoms with Crippen molar-refractivity contribution in [2.75, 3.05) is 19.6 Å². The lowest BCUT2D eigenvalue weighted by molar-refractivity contribution is 0.291. The van der Waals surface area contributed by atoms with E-state index in [1.807, 2.05) is 12.3 Å². The highest BCUT2D eigenvalue weighted by Gasteiger charge is 2.07. The van der Waals surface area contributed by atoms with Gasteiger partial charge in [0, 0.05) is 19.3 Å². The molecule has 3 heteroatoms. The molecule has 0 aliphatic rings. The first-order chi connectivity index (χ1) is 8.67. The molecule has 0 amide bonds. The maximum Gasteiger partial charge on any atom is 0.0588 e. The Kier molecular flexibility index (Phi) is 6.91. The fraction of sp³-hybridized carbons (Fsp3) is 0.667. The summed E-state index contributed by atoms with van der Waals surface area (Å²) in [7, 11) is 0. The van der Waals surface area contributed by atoms with Crippen LogP contribution in [-0.4, -0.2) is 29.5 Å². The zero-order valence-electron chi connectivity index (χ0n) is 12.2. The van der Waals surface area contributed by atoms with Crippen LogP contribution in [0.25, 0.3) is 0 Å². The van der Waals surface area contributed by atoms with Crippen LogP contribution in [0.5, 0.6) is 0 Å². The molecular formula is C15H27N3. The Balaban J connectivity index is 2.61. The molecule has 1 rings (SSSR count). The van der Waals surface area contributed by atoms with Gasteiger partial charge in [0.2, 0.25) is 0 Å². The molecule has 1 N–H and O–H groups in total. The van der Waals surface area contributed by atoms with Crippen LogP contribution in [0.4, 0.5) is 0 Å². The van der Waals surface area contributed by atoms with E-state index < -0.39 is 0 Å². The summed E-state index contributed by atoms with van der Waals surface area (Å²) in [5, 5.41) is 3.49. The maximum atomic E-state index is 4.53. The highest BCUT2D eigenvalue weighted by Crippen LogP contribution is 2.08. The summed E-state index contributed by atoms with van der Waals surface area (Å²) in [6.45, 7) is 13.9. The third-order valence-corrected chi connectivity index (χ3v) is 3.12. The summed E-state index contributed by atoms with van der Waals surface area (Å²) < 4.78 is 0. The van der Waals surface area contributed by atoms with Gasteiger partial charge in [-0.3, -0.25) is 9.88 Å². The van der Waals surface area contributed by atoms with Crippen molar-refractivity contribution in [3.05, 3.63) is 29.6 Å². The van der Waals surface area contributed by atoms with Gasteiger partial charge in [-0.2, -0.15) is 0 Å². The topological polar surface area (TPSA) is 28.2 Å². The number of hydrogen-bond donors (Lipinski definition) is 1. The average molecular weight is 249 g/mol. The molecule has 18 heavy (non-hydrogen) atoms. The molecule has 0 unspecified atom stereocenters.